The molecule has 124 valence electrons. The molecule has 0 aliphatic carbocycles. The maximum Gasteiger partial charge on any atom is 0.245 e. The van der Waals surface area contributed by atoms with Gasteiger partial charge in [0.1, 0.15) is 10.7 Å². The lowest BCUT2D eigenvalue weighted by molar-refractivity contribution is 0.198. The van der Waals surface area contributed by atoms with Gasteiger partial charge in [0.2, 0.25) is 10.0 Å². The van der Waals surface area contributed by atoms with E-state index in [4.69, 9.17) is 0 Å². The average molecular weight is 327 g/mol. The fourth-order valence-corrected chi connectivity index (χ4v) is 4.71. The fraction of sp³-hybridized carbons (Fsp3) is 0.667. The Hall–Kier alpha value is -1.18. The van der Waals surface area contributed by atoms with Crippen molar-refractivity contribution in [3.05, 3.63) is 18.3 Å². The third kappa shape index (κ3) is 3.42. The molecule has 1 aromatic heterocycles. The first kappa shape index (κ1) is 17.2. The van der Waals surface area contributed by atoms with Crippen LogP contribution in [0.15, 0.2) is 23.2 Å². The van der Waals surface area contributed by atoms with Gasteiger partial charge in [-0.3, -0.25) is 0 Å². The third-order valence-corrected chi connectivity index (χ3v) is 6.04. The van der Waals surface area contributed by atoms with E-state index in [-0.39, 0.29) is 23.1 Å². The van der Waals surface area contributed by atoms with Crippen LogP contribution >= 0.6 is 0 Å². The van der Waals surface area contributed by atoms with Gasteiger partial charge in [-0.1, -0.05) is 0 Å². The zero-order valence-electron chi connectivity index (χ0n) is 13.6. The van der Waals surface area contributed by atoms with Gasteiger partial charge in [0.05, 0.1) is 6.10 Å². The minimum absolute atomic E-state index is 0.113. The fourth-order valence-electron chi connectivity index (χ4n) is 2.94. The highest BCUT2D eigenvalue weighted by atomic mass is 32.2. The molecule has 2 heterocycles. The highest BCUT2D eigenvalue weighted by Crippen LogP contribution is 2.23. The zero-order valence-corrected chi connectivity index (χ0v) is 14.4. The Morgan fingerprint density at radius 2 is 1.91 bits per heavy atom. The Labute approximate surface area is 132 Å². The van der Waals surface area contributed by atoms with Crippen molar-refractivity contribution in [2.24, 2.45) is 0 Å². The van der Waals surface area contributed by atoms with Crippen molar-refractivity contribution in [2.75, 3.05) is 18.0 Å². The van der Waals surface area contributed by atoms with E-state index in [1.54, 1.807) is 12.1 Å². The van der Waals surface area contributed by atoms with E-state index < -0.39 is 10.0 Å². The molecule has 1 fully saturated rings. The molecule has 1 saturated heterocycles. The van der Waals surface area contributed by atoms with E-state index >= 15 is 0 Å². The average Bonchev–Trinajstić information content (AvgIpc) is 2.84. The van der Waals surface area contributed by atoms with Crippen molar-refractivity contribution >= 4 is 15.8 Å². The van der Waals surface area contributed by atoms with Crippen LogP contribution in [0, 0.1) is 0 Å². The summed E-state index contributed by atoms with van der Waals surface area (Å²) in [4.78, 5) is 6.44. The summed E-state index contributed by atoms with van der Waals surface area (Å²) in [5.41, 5.74) is 0. The maximum atomic E-state index is 12.7. The van der Waals surface area contributed by atoms with Crippen molar-refractivity contribution in [2.45, 2.75) is 57.2 Å². The molecule has 7 heteroatoms. The molecule has 22 heavy (non-hydrogen) atoms. The molecular weight excluding hydrogens is 302 g/mol. The van der Waals surface area contributed by atoms with Crippen LogP contribution in [0.5, 0.6) is 0 Å². The topological polar surface area (TPSA) is 73.7 Å². The molecule has 6 nitrogen and oxygen atoms in total. The van der Waals surface area contributed by atoms with Gasteiger partial charge in [-0.25, -0.2) is 13.4 Å². The van der Waals surface area contributed by atoms with Crippen LogP contribution in [0.3, 0.4) is 0 Å². The van der Waals surface area contributed by atoms with Crippen molar-refractivity contribution in [3.63, 3.8) is 0 Å². The molecule has 1 aromatic rings. The van der Waals surface area contributed by atoms with Crippen LogP contribution in [0.4, 0.5) is 5.82 Å². The summed E-state index contributed by atoms with van der Waals surface area (Å²) in [5.74, 6) is 0.705. The van der Waals surface area contributed by atoms with Crippen LogP contribution in [0.25, 0.3) is 0 Å². The second-order valence-corrected chi connectivity index (χ2v) is 8.11. The summed E-state index contributed by atoms with van der Waals surface area (Å²) in [5, 5.41) is 9.57. The Kier molecular flexibility index (Phi) is 5.09. The molecule has 0 amide bonds. The highest BCUT2D eigenvalue weighted by molar-refractivity contribution is 7.89. The SMILES string of the molecule is CC(C)N(C(C)C)S(=O)(=O)c1ccc(N2CC[C@@H](O)C2)nc1. The zero-order chi connectivity index (χ0) is 16.5. The molecule has 0 saturated carbocycles. The van der Waals surface area contributed by atoms with Gasteiger partial charge < -0.3 is 10.0 Å². The molecule has 0 radical (unpaired) electrons. The molecule has 1 N–H and O–H groups in total. The van der Waals surface area contributed by atoms with Crippen molar-refractivity contribution < 1.29 is 13.5 Å². The van der Waals surface area contributed by atoms with Crippen LogP contribution in [-0.2, 0) is 10.0 Å². The molecule has 1 aliphatic rings. The Morgan fingerprint density at radius 3 is 2.32 bits per heavy atom. The number of β-amino-alcohol motifs (C(OH)–C–C–N with tert-alkyl or cyclic N) is 1. The summed E-state index contributed by atoms with van der Waals surface area (Å²) in [6, 6.07) is 3.08. The number of nitrogens with zero attached hydrogens (tertiary/aromatic N) is 3. The normalized spacial score (nSPS) is 19.6. The van der Waals surface area contributed by atoms with Crippen molar-refractivity contribution in [1.82, 2.24) is 9.29 Å². The van der Waals surface area contributed by atoms with Crippen LogP contribution < -0.4 is 4.90 Å². The van der Waals surface area contributed by atoms with E-state index in [0.29, 0.717) is 12.4 Å². The molecule has 0 aromatic carbocycles. The van der Waals surface area contributed by atoms with Gasteiger partial charge in [0.15, 0.2) is 0 Å². The van der Waals surface area contributed by atoms with E-state index in [1.807, 2.05) is 32.6 Å². The van der Waals surface area contributed by atoms with Crippen molar-refractivity contribution in [3.8, 4) is 0 Å². The number of aliphatic hydroxyl groups is 1. The number of rotatable bonds is 5. The monoisotopic (exact) mass is 327 g/mol. The second-order valence-electron chi connectivity index (χ2n) is 6.26. The van der Waals surface area contributed by atoms with Crippen LogP contribution in [0.1, 0.15) is 34.1 Å². The number of hydrogen-bond acceptors (Lipinski definition) is 5. The number of anilines is 1. The molecule has 2 rings (SSSR count). The molecule has 0 bridgehead atoms. The standard InChI is InChI=1S/C15H25N3O3S/c1-11(2)18(12(3)4)22(20,21)14-5-6-15(16-9-14)17-8-7-13(19)10-17/h5-6,9,11-13,19H,7-8,10H2,1-4H3/t13-/m1/s1. The maximum absolute atomic E-state index is 12.7. The van der Waals surface area contributed by atoms with Gasteiger partial charge >= 0.3 is 0 Å². The Morgan fingerprint density at radius 1 is 1.27 bits per heavy atom. The molecule has 0 unspecified atom stereocenters. The Balaban J connectivity index is 2.25. The minimum Gasteiger partial charge on any atom is -0.391 e. The predicted molar refractivity (Wildman–Crippen MR) is 86.4 cm³/mol. The predicted octanol–water partition coefficient (Wildman–Crippen LogP) is 1.46. The van der Waals surface area contributed by atoms with E-state index in [2.05, 4.69) is 4.98 Å². The molecular formula is C15H25N3O3S. The quantitative estimate of drug-likeness (QED) is 0.886. The summed E-state index contributed by atoms with van der Waals surface area (Å²) < 4.78 is 27.0. The smallest absolute Gasteiger partial charge is 0.245 e. The first-order valence-electron chi connectivity index (χ1n) is 7.66. The second kappa shape index (κ2) is 6.52. The Bertz CT molecular complexity index is 591. The van der Waals surface area contributed by atoms with Gasteiger partial charge in [0.25, 0.3) is 0 Å². The first-order valence-corrected chi connectivity index (χ1v) is 9.10. The summed E-state index contributed by atoms with van der Waals surface area (Å²) in [6.45, 7) is 8.75. The van der Waals surface area contributed by atoms with E-state index in [9.17, 15) is 13.5 Å². The van der Waals surface area contributed by atoms with Crippen LogP contribution in [0.2, 0.25) is 0 Å². The number of sulfonamides is 1. The summed E-state index contributed by atoms with van der Waals surface area (Å²) in [6.07, 6.45) is 1.80. The largest absolute Gasteiger partial charge is 0.391 e. The lowest BCUT2D eigenvalue weighted by Crippen LogP contribution is -2.41. The summed E-state index contributed by atoms with van der Waals surface area (Å²) in [7, 11) is -3.55. The van der Waals surface area contributed by atoms with Crippen LogP contribution in [-0.4, -0.2) is 54.1 Å². The number of hydrogen-bond donors (Lipinski definition) is 1. The number of aromatic nitrogens is 1. The molecule has 1 atom stereocenters. The van der Waals surface area contributed by atoms with Gasteiger partial charge in [-0.05, 0) is 46.2 Å². The summed E-state index contributed by atoms with van der Waals surface area (Å²) >= 11 is 0. The van der Waals surface area contributed by atoms with Crippen molar-refractivity contribution in [1.29, 1.82) is 0 Å². The number of aliphatic hydroxyl groups excluding tert-OH is 1. The lowest BCUT2D eigenvalue weighted by atomic mass is 10.3. The first-order chi connectivity index (χ1) is 10.2. The lowest BCUT2D eigenvalue weighted by Gasteiger charge is -2.29. The molecule has 1 aliphatic heterocycles. The number of pyridine rings is 1. The van der Waals surface area contributed by atoms with Gasteiger partial charge in [-0.15, -0.1) is 0 Å². The van der Waals surface area contributed by atoms with Gasteiger partial charge in [0, 0.05) is 31.4 Å². The molecule has 0 spiro atoms. The van der Waals surface area contributed by atoms with E-state index in [0.717, 1.165) is 13.0 Å². The third-order valence-electron chi connectivity index (χ3n) is 3.80. The van der Waals surface area contributed by atoms with Gasteiger partial charge in [-0.2, -0.15) is 4.31 Å². The minimum atomic E-state index is -3.55. The van der Waals surface area contributed by atoms with E-state index in [1.165, 1.54) is 10.5 Å². The highest BCUT2D eigenvalue weighted by Gasteiger charge is 2.30.